The molecular formula is C15H21BrN2O3. The molecule has 1 aliphatic rings. The van der Waals surface area contributed by atoms with Gasteiger partial charge in [0.2, 0.25) is 5.91 Å². The Kier molecular flexibility index (Phi) is 5.87. The molecule has 0 aliphatic heterocycles. The lowest BCUT2D eigenvalue weighted by molar-refractivity contribution is -0.121. The Morgan fingerprint density at radius 1 is 1.29 bits per heavy atom. The monoisotopic (exact) mass is 356 g/mol. The molecule has 116 valence electrons. The number of hydrogen-bond acceptors (Lipinski definition) is 4. The lowest BCUT2D eigenvalue weighted by Gasteiger charge is -2.12. The molecule has 1 amide bonds. The summed E-state index contributed by atoms with van der Waals surface area (Å²) in [5, 5.41) is 6.24. The summed E-state index contributed by atoms with van der Waals surface area (Å²) in [6.45, 7) is 1.32. The molecule has 1 saturated carbocycles. The van der Waals surface area contributed by atoms with Crippen molar-refractivity contribution < 1.29 is 14.3 Å². The van der Waals surface area contributed by atoms with E-state index in [1.807, 2.05) is 12.1 Å². The lowest BCUT2D eigenvalue weighted by Crippen LogP contribution is -2.29. The topological polar surface area (TPSA) is 59.6 Å². The second kappa shape index (κ2) is 7.66. The SMILES string of the molecule is COc1cc(Br)c(CNCCC(=O)NC2CC2)cc1OC. The fourth-order valence-electron chi connectivity index (χ4n) is 1.98. The summed E-state index contributed by atoms with van der Waals surface area (Å²) in [5.41, 5.74) is 1.07. The van der Waals surface area contributed by atoms with E-state index in [9.17, 15) is 4.79 Å². The van der Waals surface area contributed by atoms with Gasteiger partial charge >= 0.3 is 0 Å². The first-order valence-electron chi connectivity index (χ1n) is 7.04. The molecule has 1 aliphatic carbocycles. The van der Waals surface area contributed by atoms with Crippen LogP contribution in [0.1, 0.15) is 24.8 Å². The summed E-state index contributed by atoms with van der Waals surface area (Å²) in [4.78, 5) is 11.6. The summed E-state index contributed by atoms with van der Waals surface area (Å²) in [5.74, 6) is 1.51. The number of carbonyl (C=O) groups excluding carboxylic acids is 1. The molecule has 2 rings (SSSR count). The third-order valence-corrected chi connectivity index (χ3v) is 4.08. The molecule has 2 N–H and O–H groups in total. The number of carbonyl (C=O) groups is 1. The predicted octanol–water partition coefficient (Wildman–Crippen LogP) is 2.22. The van der Waals surface area contributed by atoms with E-state index in [4.69, 9.17) is 9.47 Å². The summed E-state index contributed by atoms with van der Waals surface area (Å²) in [6, 6.07) is 4.24. The van der Waals surface area contributed by atoms with Crippen LogP contribution < -0.4 is 20.1 Å². The number of amides is 1. The maximum atomic E-state index is 11.6. The molecule has 0 saturated heterocycles. The Hall–Kier alpha value is -1.27. The van der Waals surface area contributed by atoms with Gasteiger partial charge in [0.1, 0.15) is 0 Å². The highest BCUT2D eigenvalue weighted by atomic mass is 79.9. The maximum Gasteiger partial charge on any atom is 0.221 e. The standard InChI is InChI=1S/C15H21BrN2O3/c1-20-13-7-10(12(16)8-14(13)21-2)9-17-6-5-15(19)18-11-3-4-11/h7-8,11,17H,3-6,9H2,1-2H3,(H,18,19). The minimum atomic E-state index is 0.122. The van der Waals surface area contributed by atoms with Crippen molar-refractivity contribution in [1.29, 1.82) is 0 Å². The van der Waals surface area contributed by atoms with Gasteiger partial charge in [-0.1, -0.05) is 15.9 Å². The molecule has 5 nitrogen and oxygen atoms in total. The summed E-state index contributed by atoms with van der Waals surface area (Å²) >= 11 is 3.52. The number of halogens is 1. The van der Waals surface area contributed by atoms with Gasteiger partial charge in [-0.15, -0.1) is 0 Å². The zero-order valence-electron chi connectivity index (χ0n) is 12.4. The number of rotatable bonds is 8. The van der Waals surface area contributed by atoms with E-state index in [0.29, 0.717) is 37.1 Å². The molecule has 1 fully saturated rings. The highest BCUT2D eigenvalue weighted by Crippen LogP contribution is 2.33. The van der Waals surface area contributed by atoms with E-state index in [-0.39, 0.29) is 5.91 Å². The van der Waals surface area contributed by atoms with Crippen LogP contribution in [0.3, 0.4) is 0 Å². The molecule has 21 heavy (non-hydrogen) atoms. The van der Waals surface area contributed by atoms with Crippen molar-refractivity contribution in [3.8, 4) is 11.5 Å². The molecule has 0 heterocycles. The van der Waals surface area contributed by atoms with Crippen LogP contribution in [0.4, 0.5) is 0 Å². The molecule has 0 unspecified atom stereocenters. The van der Waals surface area contributed by atoms with Crippen LogP contribution in [0.2, 0.25) is 0 Å². The molecule has 0 bridgehead atoms. The second-order valence-electron chi connectivity index (χ2n) is 5.07. The Morgan fingerprint density at radius 2 is 1.95 bits per heavy atom. The van der Waals surface area contributed by atoms with E-state index >= 15 is 0 Å². The number of hydrogen-bond donors (Lipinski definition) is 2. The molecule has 1 aromatic carbocycles. The molecule has 6 heteroatoms. The summed E-state index contributed by atoms with van der Waals surface area (Å²) in [7, 11) is 3.23. The minimum absolute atomic E-state index is 0.122. The normalized spacial score (nSPS) is 13.9. The summed E-state index contributed by atoms with van der Waals surface area (Å²) in [6.07, 6.45) is 2.75. The molecule has 0 spiro atoms. The molecule has 0 radical (unpaired) electrons. The lowest BCUT2D eigenvalue weighted by atomic mass is 10.2. The molecule has 0 aromatic heterocycles. The van der Waals surface area contributed by atoms with Gasteiger partial charge in [0.25, 0.3) is 0 Å². The zero-order valence-corrected chi connectivity index (χ0v) is 14.0. The van der Waals surface area contributed by atoms with E-state index in [2.05, 4.69) is 26.6 Å². The second-order valence-corrected chi connectivity index (χ2v) is 5.92. The van der Waals surface area contributed by atoms with E-state index in [0.717, 1.165) is 22.9 Å². The van der Waals surface area contributed by atoms with Crippen LogP contribution in [0.15, 0.2) is 16.6 Å². The van der Waals surface area contributed by atoms with Crippen molar-refractivity contribution in [3.63, 3.8) is 0 Å². The van der Waals surface area contributed by atoms with E-state index in [1.54, 1.807) is 14.2 Å². The van der Waals surface area contributed by atoms with Crippen LogP contribution in [0.25, 0.3) is 0 Å². The van der Waals surface area contributed by atoms with Crippen molar-refractivity contribution in [3.05, 3.63) is 22.2 Å². The Labute approximate surface area is 133 Å². The average molecular weight is 357 g/mol. The average Bonchev–Trinajstić information content (AvgIpc) is 3.28. The van der Waals surface area contributed by atoms with Gasteiger partial charge in [-0.25, -0.2) is 0 Å². The van der Waals surface area contributed by atoms with Crippen LogP contribution >= 0.6 is 15.9 Å². The van der Waals surface area contributed by atoms with Crippen molar-refractivity contribution in [2.75, 3.05) is 20.8 Å². The van der Waals surface area contributed by atoms with Crippen LogP contribution in [0.5, 0.6) is 11.5 Å². The van der Waals surface area contributed by atoms with Gasteiger partial charge < -0.3 is 20.1 Å². The first-order chi connectivity index (χ1) is 10.1. The van der Waals surface area contributed by atoms with Crippen molar-refractivity contribution in [1.82, 2.24) is 10.6 Å². The van der Waals surface area contributed by atoms with Gasteiger partial charge in [-0.3, -0.25) is 4.79 Å². The third kappa shape index (κ3) is 4.89. The summed E-state index contributed by atoms with van der Waals surface area (Å²) < 4.78 is 11.5. The molecule has 0 atom stereocenters. The van der Waals surface area contributed by atoms with Crippen LogP contribution in [-0.4, -0.2) is 32.7 Å². The van der Waals surface area contributed by atoms with Crippen molar-refractivity contribution >= 4 is 21.8 Å². The predicted molar refractivity (Wildman–Crippen MR) is 84.7 cm³/mol. The van der Waals surface area contributed by atoms with Gasteiger partial charge in [-0.05, 0) is 30.5 Å². The molecule has 1 aromatic rings. The first-order valence-corrected chi connectivity index (χ1v) is 7.83. The minimum Gasteiger partial charge on any atom is -0.493 e. The number of methoxy groups -OCH3 is 2. The smallest absolute Gasteiger partial charge is 0.221 e. The fraction of sp³-hybridized carbons (Fsp3) is 0.533. The first kappa shape index (κ1) is 16.1. The Morgan fingerprint density at radius 3 is 2.57 bits per heavy atom. The highest BCUT2D eigenvalue weighted by Gasteiger charge is 2.22. The number of benzene rings is 1. The van der Waals surface area contributed by atoms with Crippen molar-refractivity contribution in [2.45, 2.75) is 31.8 Å². The highest BCUT2D eigenvalue weighted by molar-refractivity contribution is 9.10. The van der Waals surface area contributed by atoms with Gasteiger partial charge in [0, 0.05) is 30.0 Å². The maximum absolute atomic E-state index is 11.6. The fourth-order valence-corrected chi connectivity index (χ4v) is 2.45. The quantitative estimate of drug-likeness (QED) is 0.701. The number of ether oxygens (including phenoxy) is 2. The van der Waals surface area contributed by atoms with Gasteiger partial charge in [0.15, 0.2) is 11.5 Å². The number of nitrogens with one attached hydrogen (secondary N) is 2. The molecular weight excluding hydrogens is 336 g/mol. The largest absolute Gasteiger partial charge is 0.493 e. The van der Waals surface area contributed by atoms with Crippen LogP contribution in [0, 0.1) is 0 Å². The van der Waals surface area contributed by atoms with E-state index in [1.165, 1.54) is 0 Å². The van der Waals surface area contributed by atoms with Crippen LogP contribution in [-0.2, 0) is 11.3 Å². The van der Waals surface area contributed by atoms with Crippen molar-refractivity contribution in [2.24, 2.45) is 0 Å². The Bertz CT molecular complexity index is 504. The van der Waals surface area contributed by atoms with E-state index < -0.39 is 0 Å². The van der Waals surface area contributed by atoms with Gasteiger partial charge in [-0.2, -0.15) is 0 Å². The third-order valence-electron chi connectivity index (χ3n) is 3.34. The van der Waals surface area contributed by atoms with Gasteiger partial charge in [0.05, 0.1) is 14.2 Å². The zero-order chi connectivity index (χ0) is 15.2. The Balaban J connectivity index is 1.80.